The van der Waals surface area contributed by atoms with Gasteiger partial charge in [0.15, 0.2) is 0 Å². The first-order valence-electron chi connectivity index (χ1n) is 6.31. The average Bonchev–Trinajstić information content (AvgIpc) is 3.01. The van der Waals surface area contributed by atoms with Crippen molar-refractivity contribution in [2.24, 2.45) is 0 Å². The van der Waals surface area contributed by atoms with E-state index in [-0.39, 0.29) is 0 Å². The van der Waals surface area contributed by atoms with Crippen LogP contribution in [0.1, 0.15) is 11.3 Å². The van der Waals surface area contributed by atoms with Crippen LogP contribution in [-0.4, -0.2) is 18.4 Å². The quantitative estimate of drug-likeness (QED) is 0.830. The summed E-state index contributed by atoms with van der Waals surface area (Å²) in [4.78, 5) is 23.4. The summed E-state index contributed by atoms with van der Waals surface area (Å²) in [5.74, 6) is -0.836. The van der Waals surface area contributed by atoms with Gasteiger partial charge in [-0.15, -0.1) is 0 Å². The van der Waals surface area contributed by atoms with Crippen molar-refractivity contribution in [3.05, 3.63) is 54.0 Å². The molecule has 0 atom stereocenters. The molecule has 1 aromatic carbocycles. The Labute approximate surface area is 121 Å². The molecule has 2 aromatic rings. The Morgan fingerprint density at radius 1 is 1.14 bits per heavy atom. The number of anilines is 1. The Balaban J connectivity index is 1.85. The van der Waals surface area contributed by atoms with E-state index in [1.54, 1.807) is 42.7 Å². The van der Waals surface area contributed by atoms with Gasteiger partial charge in [-0.3, -0.25) is 9.59 Å². The summed E-state index contributed by atoms with van der Waals surface area (Å²) in [6.07, 6.45) is 2.05. The zero-order valence-corrected chi connectivity index (χ0v) is 11.1. The van der Waals surface area contributed by atoms with Crippen LogP contribution in [0.5, 0.6) is 0 Å². The molecule has 0 spiro atoms. The zero-order valence-electron chi connectivity index (χ0n) is 11.1. The van der Waals surface area contributed by atoms with Crippen LogP contribution in [0.2, 0.25) is 0 Å². The SMILES string of the molecule is N#Cc1ccccc1NC(=O)C(=O)NCCc1ccco1. The van der Waals surface area contributed by atoms with E-state index >= 15 is 0 Å². The molecule has 0 bridgehead atoms. The lowest BCUT2D eigenvalue weighted by Gasteiger charge is -2.07. The smallest absolute Gasteiger partial charge is 0.313 e. The number of para-hydroxylation sites is 1. The summed E-state index contributed by atoms with van der Waals surface area (Å²) < 4.78 is 5.11. The van der Waals surface area contributed by atoms with Gasteiger partial charge in [-0.25, -0.2) is 0 Å². The molecule has 6 nitrogen and oxygen atoms in total. The number of hydrogen-bond acceptors (Lipinski definition) is 4. The molecular weight excluding hydrogens is 270 g/mol. The van der Waals surface area contributed by atoms with Crippen molar-refractivity contribution in [1.29, 1.82) is 5.26 Å². The van der Waals surface area contributed by atoms with Crippen LogP contribution >= 0.6 is 0 Å². The molecule has 2 rings (SSSR count). The maximum Gasteiger partial charge on any atom is 0.313 e. The molecule has 2 amide bonds. The molecule has 0 unspecified atom stereocenters. The third-order valence-electron chi connectivity index (χ3n) is 2.74. The summed E-state index contributed by atoms with van der Waals surface area (Å²) in [6.45, 7) is 0.291. The summed E-state index contributed by atoms with van der Waals surface area (Å²) >= 11 is 0. The van der Waals surface area contributed by atoms with E-state index in [2.05, 4.69) is 10.6 Å². The number of carbonyl (C=O) groups excluding carboxylic acids is 2. The lowest BCUT2D eigenvalue weighted by atomic mass is 10.2. The molecule has 0 aliphatic rings. The van der Waals surface area contributed by atoms with Crippen LogP contribution in [-0.2, 0) is 16.0 Å². The second-order valence-electron chi connectivity index (χ2n) is 4.20. The van der Waals surface area contributed by atoms with Crippen LogP contribution in [0, 0.1) is 11.3 Å². The van der Waals surface area contributed by atoms with Crippen molar-refractivity contribution >= 4 is 17.5 Å². The van der Waals surface area contributed by atoms with Gasteiger partial charge in [-0.1, -0.05) is 12.1 Å². The topological polar surface area (TPSA) is 95.1 Å². The van der Waals surface area contributed by atoms with Gasteiger partial charge >= 0.3 is 11.8 Å². The molecule has 0 aliphatic carbocycles. The van der Waals surface area contributed by atoms with E-state index in [0.29, 0.717) is 24.2 Å². The number of amides is 2. The predicted octanol–water partition coefficient (Wildman–Crippen LogP) is 1.45. The summed E-state index contributed by atoms with van der Waals surface area (Å²) in [6, 6.07) is 12.0. The highest BCUT2D eigenvalue weighted by atomic mass is 16.3. The molecule has 6 heteroatoms. The fourth-order valence-corrected chi connectivity index (χ4v) is 1.70. The maximum absolute atomic E-state index is 11.7. The van der Waals surface area contributed by atoms with Crippen molar-refractivity contribution in [2.75, 3.05) is 11.9 Å². The number of rotatable bonds is 4. The van der Waals surface area contributed by atoms with Crippen molar-refractivity contribution < 1.29 is 14.0 Å². The zero-order chi connectivity index (χ0) is 15.1. The molecular formula is C15H13N3O3. The number of benzene rings is 1. The Kier molecular flexibility index (Phi) is 4.72. The monoisotopic (exact) mass is 283 g/mol. The lowest BCUT2D eigenvalue weighted by molar-refractivity contribution is -0.136. The largest absolute Gasteiger partial charge is 0.469 e. The van der Waals surface area contributed by atoms with Crippen molar-refractivity contribution in [3.63, 3.8) is 0 Å². The van der Waals surface area contributed by atoms with Gasteiger partial charge < -0.3 is 15.1 Å². The average molecular weight is 283 g/mol. The summed E-state index contributed by atoms with van der Waals surface area (Å²) in [5.41, 5.74) is 0.612. The van der Waals surface area contributed by atoms with Gasteiger partial charge in [0.05, 0.1) is 17.5 Å². The molecule has 0 aliphatic heterocycles. The molecule has 0 saturated carbocycles. The first-order valence-corrected chi connectivity index (χ1v) is 6.31. The molecule has 0 saturated heterocycles. The molecule has 1 aromatic heterocycles. The second kappa shape index (κ2) is 6.91. The number of hydrogen-bond donors (Lipinski definition) is 2. The highest BCUT2D eigenvalue weighted by Gasteiger charge is 2.14. The highest BCUT2D eigenvalue weighted by molar-refractivity contribution is 6.39. The summed E-state index contributed by atoms with van der Waals surface area (Å²) in [7, 11) is 0. The number of carbonyl (C=O) groups is 2. The van der Waals surface area contributed by atoms with E-state index in [1.807, 2.05) is 6.07 Å². The Morgan fingerprint density at radius 2 is 1.95 bits per heavy atom. The molecule has 21 heavy (non-hydrogen) atoms. The third kappa shape index (κ3) is 3.94. The van der Waals surface area contributed by atoms with Crippen LogP contribution in [0.4, 0.5) is 5.69 Å². The van der Waals surface area contributed by atoms with Gasteiger partial charge in [-0.2, -0.15) is 5.26 Å². The van der Waals surface area contributed by atoms with Crippen LogP contribution in [0.3, 0.4) is 0 Å². The number of nitrogens with one attached hydrogen (secondary N) is 2. The van der Waals surface area contributed by atoms with E-state index in [1.165, 1.54) is 0 Å². The van der Waals surface area contributed by atoms with Crippen LogP contribution in [0.25, 0.3) is 0 Å². The Hall–Kier alpha value is -3.07. The first kappa shape index (κ1) is 14.3. The first-order chi connectivity index (χ1) is 10.2. The molecule has 0 radical (unpaired) electrons. The lowest BCUT2D eigenvalue weighted by Crippen LogP contribution is -2.36. The maximum atomic E-state index is 11.7. The number of nitrogens with zero attached hydrogens (tertiary/aromatic N) is 1. The number of furan rings is 1. The Morgan fingerprint density at radius 3 is 2.67 bits per heavy atom. The second-order valence-corrected chi connectivity index (χ2v) is 4.20. The van der Waals surface area contributed by atoms with Gasteiger partial charge in [0.2, 0.25) is 0 Å². The van der Waals surface area contributed by atoms with Crippen molar-refractivity contribution in [2.45, 2.75) is 6.42 Å². The van der Waals surface area contributed by atoms with Gasteiger partial charge in [-0.05, 0) is 24.3 Å². The van der Waals surface area contributed by atoms with Crippen molar-refractivity contribution in [1.82, 2.24) is 5.32 Å². The van der Waals surface area contributed by atoms with Crippen molar-refractivity contribution in [3.8, 4) is 6.07 Å². The van der Waals surface area contributed by atoms with Crippen LogP contribution in [0.15, 0.2) is 47.1 Å². The molecule has 1 heterocycles. The van der Waals surface area contributed by atoms with E-state index in [9.17, 15) is 9.59 Å². The minimum Gasteiger partial charge on any atom is -0.469 e. The van der Waals surface area contributed by atoms with E-state index in [4.69, 9.17) is 9.68 Å². The normalized spacial score (nSPS) is 9.67. The molecule has 106 valence electrons. The fourth-order valence-electron chi connectivity index (χ4n) is 1.70. The van der Waals surface area contributed by atoms with Gasteiger partial charge in [0, 0.05) is 13.0 Å². The van der Waals surface area contributed by atoms with E-state index < -0.39 is 11.8 Å². The minimum atomic E-state index is -0.808. The summed E-state index contributed by atoms with van der Waals surface area (Å²) in [5, 5.41) is 13.8. The van der Waals surface area contributed by atoms with Gasteiger partial charge in [0.1, 0.15) is 11.8 Å². The highest BCUT2D eigenvalue weighted by Crippen LogP contribution is 2.13. The Bertz CT molecular complexity index is 672. The molecule has 0 fully saturated rings. The fraction of sp³-hybridized carbons (Fsp3) is 0.133. The third-order valence-corrected chi connectivity index (χ3v) is 2.74. The number of nitriles is 1. The van der Waals surface area contributed by atoms with Crippen LogP contribution < -0.4 is 10.6 Å². The van der Waals surface area contributed by atoms with E-state index in [0.717, 1.165) is 5.76 Å². The molecule has 2 N–H and O–H groups in total. The predicted molar refractivity (Wildman–Crippen MR) is 75.2 cm³/mol. The standard InChI is InChI=1S/C15H13N3O3/c16-10-11-4-1-2-6-13(11)18-15(20)14(19)17-8-7-12-5-3-9-21-12/h1-6,9H,7-8H2,(H,17,19)(H,18,20). The van der Waals surface area contributed by atoms with Gasteiger partial charge in [0.25, 0.3) is 0 Å². The minimum absolute atomic E-state index is 0.291.